The van der Waals surface area contributed by atoms with Gasteiger partial charge in [0.1, 0.15) is 5.82 Å². The molecule has 0 atom stereocenters. The molecule has 1 aliphatic heterocycles. The summed E-state index contributed by atoms with van der Waals surface area (Å²) in [6.07, 6.45) is 0. The summed E-state index contributed by atoms with van der Waals surface area (Å²) in [4.78, 5) is 18.4. The van der Waals surface area contributed by atoms with E-state index in [9.17, 15) is 9.18 Å². The number of thiophene rings is 1. The molecular weight excluding hydrogens is 331 g/mol. The van der Waals surface area contributed by atoms with Crippen LogP contribution in [0.5, 0.6) is 0 Å². The zero-order valence-electron chi connectivity index (χ0n) is 12.8. The molecule has 1 aromatic carbocycles. The first-order valence-electron chi connectivity index (χ1n) is 7.62. The minimum Gasteiger partial charge on any atom is -0.339 e. The van der Waals surface area contributed by atoms with Crippen molar-refractivity contribution in [2.75, 3.05) is 31.9 Å². The number of piperazine rings is 1. The van der Waals surface area contributed by atoms with Crippen molar-refractivity contribution < 1.29 is 9.18 Å². The Morgan fingerprint density at radius 1 is 1.13 bits per heavy atom. The summed E-state index contributed by atoms with van der Waals surface area (Å²) in [5.41, 5.74) is 0. The highest BCUT2D eigenvalue weighted by Crippen LogP contribution is 2.22. The van der Waals surface area contributed by atoms with Crippen molar-refractivity contribution in [3.63, 3.8) is 0 Å². The average molecular weight is 350 g/mol. The van der Waals surface area contributed by atoms with Crippen LogP contribution in [0.3, 0.4) is 0 Å². The number of hydrogen-bond acceptors (Lipinski definition) is 4. The summed E-state index contributed by atoms with van der Waals surface area (Å²) in [5.74, 6) is 0.131. The van der Waals surface area contributed by atoms with Crippen LogP contribution in [0.15, 0.2) is 46.7 Å². The number of rotatable bonds is 5. The van der Waals surface area contributed by atoms with Gasteiger partial charge in [0.05, 0.1) is 5.75 Å². The van der Waals surface area contributed by atoms with Gasteiger partial charge in [0.15, 0.2) is 0 Å². The van der Waals surface area contributed by atoms with Crippen LogP contribution in [0, 0.1) is 5.82 Å². The van der Waals surface area contributed by atoms with Crippen molar-refractivity contribution >= 4 is 29.0 Å². The summed E-state index contributed by atoms with van der Waals surface area (Å²) in [6, 6.07) is 10.8. The highest BCUT2D eigenvalue weighted by Gasteiger charge is 2.21. The van der Waals surface area contributed by atoms with Gasteiger partial charge < -0.3 is 4.90 Å². The Bertz CT molecular complexity index is 640. The molecule has 0 aliphatic carbocycles. The lowest BCUT2D eigenvalue weighted by Gasteiger charge is -2.34. The molecule has 6 heteroatoms. The molecule has 1 amide bonds. The molecule has 1 fully saturated rings. The van der Waals surface area contributed by atoms with Gasteiger partial charge in [-0.05, 0) is 23.6 Å². The molecule has 1 aromatic heterocycles. The van der Waals surface area contributed by atoms with E-state index in [0.717, 1.165) is 32.7 Å². The third kappa shape index (κ3) is 4.56. The quantitative estimate of drug-likeness (QED) is 0.773. The summed E-state index contributed by atoms with van der Waals surface area (Å²) < 4.78 is 13.6. The SMILES string of the molecule is O=C(CSc1ccccc1F)N1CCN(Cc2cccs2)CC1. The Balaban J connectivity index is 1.44. The maximum atomic E-state index is 13.6. The Kier molecular flexibility index (Phi) is 5.70. The largest absolute Gasteiger partial charge is 0.339 e. The number of carbonyl (C=O) groups is 1. The van der Waals surface area contributed by atoms with Crippen molar-refractivity contribution in [2.45, 2.75) is 11.4 Å². The molecule has 0 saturated carbocycles. The fraction of sp³-hybridized carbons (Fsp3) is 0.353. The predicted molar refractivity (Wildman–Crippen MR) is 93.3 cm³/mol. The van der Waals surface area contributed by atoms with Crippen molar-refractivity contribution in [1.29, 1.82) is 0 Å². The van der Waals surface area contributed by atoms with Crippen LogP contribution in [-0.2, 0) is 11.3 Å². The maximum Gasteiger partial charge on any atom is 0.233 e. The van der Waals surface area contributed by atoms with E-state index in [1.54, 1.807) is 29.5 Å². The number of amides is 1. The number of carbonyl (C=O) groups excluding carboxylic acids is 1. The molecule has 2 heterocycles. The van der Waals surface area contributed by atoms with E-state index in [1.165, 1.54) is 22.7 Å². The van der Waals surface area contributed by atoms with Gasteiger partial charge in [0, 0.05) is 42.5 Å². The second-order valence-corrected chi connectivity index (χ2v) is 7.50. The molecule has 0 bridgehead atoms. The first-order chi connectivity index (χ1) is 11.2. The van der Waals surface area contributed by atoms with E-state index in [2.05, 4.69) is 22.4 Å². The zero-order chi connectivity index (χ0) is 16.1. The molecule has 1 saturated heterocycles. The summed E-state index contributed by atoms with van der Waals surface area (Å²) in [7, 11) is 0. The number of hydrogen-bond donors (Lipinski definition) is 0. The van der Waals surface area contributed by atoms with Crippen molar-refractivity contribution in [2.24, 2.45) is 0 Å². The second-order valence-electron chi connectivity index (χ2n) is 5.46. The van der Waals surface area contributed by atoms with Gasteiger partial charge in [0.2, 0.25) is 5.91 Å². The van der Waals surface area contributed by atoms with E-state index in [-0.39, 0.29) is 11.7 Å². The molecule has 0 spiro atoms. The summed E-state index contributed by atoms with van der Waals surface area (Å²) >= 11 is 3.04. The lowest BCUT2D eigenvalue weighted by atomic mass is 10.3. The average Bonchev–Trinajstić information content (AvgIpc) is 3.07. The van der Waals surface area contributed by atoms with Crippen LogP contribution < -0.4 is 0 Å². The van der Waals surface area contributed by atoms with Gasteiger partial charge in [-0.3, -0.25) is 9.69 Å². The first kappa shape index (κ1) is 16.5. The van der Waals surface area contributed by atoms with Crippen LogP contribution in [-0.4, -0.2) is 47.6 Å². The fourth-order valence-corrected chi connectivity index (χ4v) is 4.16. The van der Waals surface area contributed by atoms with E-state index in [1.807, 2.05) is 4.90 Å². The van der Waals surface area contributed by atoms with Crippen LogP contribution in [0.2, 0.25) is 0 Å². The normalized spacial score (nSPS) is 15.8. The number of thioether (sulfide) groups is 1. The van der Waals surface area contributed by atoms with Crippen LogP contribution >= 0.6 is 23.1 Å². The number of benzene rings is 1. The second kappa shape index (κ2) is 7.95. The molecule has 1 aliphatic rings. The van der Waals surface area contributed by atoms with Crippen LogP contribution in [0.25, 0.3) is 0 Å². The van der Waals surface area contributed by atoms with Crippen LogP contribution in [0.4, 0.5) is 4.39 Å². The molecule has 0 unspecified atom stereocenters. The Morgan fingerprint density at radius 3 is 2.61 bits per heavy atom. The maximum absolute atomic E-state index is 13.6. The van der Waals surface area contributed by atoms with E-state index < -0.39 is 0 Å². The molecule has 2 aromatic rings. The Morgan fingerprint density at radius 2 is 1.91 bits per heavy atom. The van der Waals surface area contributed by atoms with Gasteiger partial charge in [0.25, 0.3) is 0 Å². The highest BCUT2D eigenvalue weighted by molar-refractivity contribution is 8.00. The van der Waals surface area contributed by atoms with Gasteiger partial charge in [-0.15, -0.1) is 23.1 Å². The third-order valence-corrected chi connectivity index (χ3v) is 5.77. The molecule has 122 valence electrons. The third-order valence-electron chi connectivity index (χ3n) is 3.87. The van der Waals surface area contributed by atoms with Gasteiger partial charge in [-0.2, -0.15) is 0 Å². The smallest absolute Gasteiger partial charge is 0.233 e. The molecule has 23 heavy (non-hydrogen) atoms. The first-order valence-corrected chi connectivity index (χ1v) is 9.49. The van der Waals surface area contributed by atoms with Gasteiger partial charge in [-0.1, -0.05) is 18.2 Å². The minimum atomic E-state index is -0.258. The summed E-state index contributed by atoms with van der Waals surface area (Å²) in [5, 5.41) is 2.09. The lowest BCUT2D eigenvalue weighted by Crippen LogP contribution is -2.48. The molecular formula is C17H19FN2OS2. The fourth-order valence-electron chi connectivity index (χ4n) is 2.57. The Labute approximate surface area is 144 Å². The van der Waals surface area contributed by atoms with Crippen molar-refractivity contribution in [3.8, 4) is 0 Å². The molecule has 0 radical (unpaired) electrons. The van der Waals surface area contributed by atoms with Gasteiger partial charge >= 0.3 is 0 Å². The molecule has 3 nitrogen and oxygen atoms in total. The standard InChI is InChI=1S/C17H19FN2OS2/c18-15-5-1-2-6-16(15)23-13-17(21)20-9-7-19(8-10-20)12-14-4-3-11-22-14/h1-6,11H,7-10,12-13H2. The number of nitrogens with zero attached hydrogens (tertiary/aromatic N) is 2. The lowest BCUT2D eigenvalue weighted by molar-refractivity contribution is -0.130. The van der Waals surface area contributed by atoms with E-state index >= 15 is 0 Å². The van der Waals surface area contributed by atoms with E-state index in [4.69, 9.17) is 0 Å². The molecule has 3 rings (SSSR count). The van der Waals surface area contributed by atoms with Crippen LogP contribution in [0.1, 0.15) is 4.88 Å². The predicted octanol–water partition coefficient (Wildman–Crippen LogP) is 3.32. The van der Waals surface area contributed by atoms with Crippen molar-refractivity contribution in [3.05, 3.63) is 52.5 Å². The van der Waals surface area contributed by atoms with E-state index in [0.29, 0.717) is 10.6 Å². The molecule has 0 N–H and O–H groups in total. The Hall–Kier alpha value is -1.37. The minimum absolute atomic E-state index is 0.0917. The zero-order valence-corrected chi connectivity index (χ0v) is 14.4. The highest BCUT2D eigenvalue weighted by atomic mass is 32.2. The number of halogens is 1. The monoisotopic (exact) mass is 350 g/mol. The van der Waals surface area contributed by atoms with Crippen molar-refractivity contribution in [1.82, 2.24) is 9.80 Å². The topological polar surface area (TPSA) is 23.6 Å². The van der Waals surface area contributed by atoms with Gasteiger partial charge in [-0.25, -0.2) is 4.39 Å². The summed E-state index contributed by atoms with van der Waals surface area (Å²) in [6.45, 7) is 4.26.